The maximum Gasteiger partial charge on any atom is 0.184 e. The smallest absolute Gasteiger partial charge is 0.184 e. The molecule has 17 heavy (non-hydrogen) atoms. The van der Waals surface area contributed by atoms with Crippen LogP contribution in [-0.4, -0.2) is 31.0 Å². The summed E-state index contributed by atoms with van der Waals surface area (Å²) in [5.41, 5.74) is 1.66. The Hall–Kier alpha value is -1.72. The van der Waals surface area contributed by atoms with Gasteiger partial charge in [-0.05, 0) is 25.2 Å². The molecule has 88 valence electrons. The van der Waals surface area contributed by atoms with E-state index < -0.39 is 0 Å². The fraction of sp³-hybridized carbons (Fsp3) is 0.636. The lowest BCUT2D eigenvalue weighted by molar-refractivity contribution is 0.592. The second kappa shape index (κ2) is 3.15. The number of hydrogen-bond donors (Lipinski definition) is 1. The van der Waals surface area contributed by atoms with Crippen LogP contribution in [0.2, 0.25) is 0 Å². The van der Waals surface area contributed by atoms with Crippen molar-refractivity contribution in [2.45, 2.75) is 38.3 Å². The average Bonchev–Trinajstić information content (AvgIpc) is 3.22. The Balaban J connectivity index is 1.79. The summed E-state index contributed by atoms with van der Waals surface area (Å²) < 4.78 is 1.94. The third-order valence-electron chi connectivity index (χ3n) is 3.56. The molecule has 2 saturated carbocycles. The van der Waals surface area contributed by atoms with Gasteiger partial charge in [0.2, 0.25) is 0 Å². The lowest BCUT2D eigenvalue weighted by Gasteiger charge is -2.03. The molecule has 2 aliphatic carbocycles. The molecule has 2 atom stereocenters. The van der Waals surface area contributed by atoms with Crippen LogP contribution in [-0.2, 0) is 0 Å². The number of hydrogen-bond acceptors (Lipinski definition) is 5. The SMILES string of the molecule is CC1CC1n1nnc2c(NC3CC3)ncnc21. The monoisotopic (exact) mass is 230 g/mol. The lowest BCUT2D eigenvalue weighted by atomic mass is 10.4. The molecule has 1 N–H and O–H groups in total. The first-order valence-electron chi connectivity index (χ1n) is 6.15. The van der Waals surface area contributed by atoms with Crippen LogP contribution in [0.4, 0.5) is 5.82 Å². The van der Waals surface area contributed by atoms with Gasteiger partial charge in [0.25, 0.3) is 0 Å². The minimum Gasteiger partial charge on any atom is -0.365 e. The first-order valence-corrected chi connectivity index (χ1v) is 6.15. The molecular formula is C11H14N6. The van der Waals surface area contributed by atoms with Crippen molar-refractivity contribution in [3.63, 3.8) is 0 Å². The number of nitrogens with one attached hydrogen (secondary N) is 1. The van der Waals surface area contributed by atoms with E-state index in [9.17, 15) is 0 Å². The van der Waals surface area contributed by atoms with Crippen molar-refractivity contribution in [1.82, 2.24) is 25.0 Å². The molecule has 4 rings (SSSR count). The first-order chi connectivity index (χ1) is 8.33. The zero-order valence-electron chi connectivity index (χ0n) is 9.67. The molecule has 0 aliphatic heterocycles. The highest BCUT2D eigenvalue weighted by Crippen LogP contribution is 2.43. The zero-order valence-corrected chi connectivity index (χ0v) is 9.67. The number of anilines is 1. The number of fused-ring (bicyclic) bond motifs is 1. The maximum absolute atomic E-state index is 4.31. The van der Waals surface area contributed by atoms with E-state index in [1.165, 1.54) is 19.3 Å². The summed E-state index contributed by atoms with van der Waals surface area (Å²) in [7, 11) is 0. The van der Waals surface area contributed by atoms with Crippen molar-refractivity contribution in [2.75, 3.05) is 5.32 Å². The summed E-state index contributed by atoms with van der Waals surface area (Å²) in [6.45, 7) is 2.22. The predicted octanol–water partition coefficient (Wildman–Crippen LogP) is 1.38. The third kappa shape index (κ3) is 1.47. The van der Waals surface area contributed by atoms with E-state index in [-0.39, 0.29) is 0 Å². The summed E-state index contributed by atoms with van der Waals surface area (Å²) >= 11 is 0. The molecule has 6 nitrogen and oxygen atoms in total. The quantitative estimate of drug-likeness (QED) is 0.862. The van der Waals surface area contributed by atoms with E-state index in [0.717, 1.165) is 17.0 Å². The number of aromatic nitrogens is 5. The van der Waals surface area contributed by atoms with Crippen LogP contribution in [0.15, 0.2) is 6.33 Å². The second-order valence-corrected chi connectivity index (χ2v) is 5.13. The van der Waals surface area contributed by atoms with Crippen LogP contribution in [0.5, 0.6) is 0 Å². The molecule has 2 fully saturated rings. The Labute approximate surface area is 98.4 Å². The van der Waals surface area contributed by atoms with Gasteiger partial charge in [0.05, 0.1) is 6.04 Å². The van der Waals surface area contributed by atoms with Crippen LogP contribution < -0.4 is 5.32 Å². The third-order valence-corrected chi connectivity index (χ3v) is 3.56. The Morgan fingerprint density at radius 3 is 2.88 bits per heavy atom. The van der Waals surface area contributed by atoms with E-state index >= 15 is 0 Å². The van der Waals surface area contributed by atoms with Crippen molar-refractivity contribution in [3.05, 3.63) is 6.33 Å². The Bertz CT molecular complexity index is 572. The highest BCUT2D eigenvalue weighted by atomic mass is 15.5. The first kappa shape index (κ1) is 9.32. The van der Waals surface area contributed by atoms with Gasteiger partial charge in [-0.3, -0.25) is 0 Å². The van der Waals surface area contributed by atoms with Crippen molar-refractivity contribution in [3.8, 4) is 0 Å². The van der Waals surface area contributed by atoms with Gasteiger partial charge in [0.15, 0.2) is 17.0 Å². The standard InChI is InChI=1S/C11H14N6/c1-6-4-8(6)17-11-9(15-16-17)10(12-5-13-11)14-7-2-3-7/h5-8H,2-4H2,1H3,(H,12,13,14). The minimum atomic E-state index is 0.476. The number of rotatable bonds is 3. The topological polar surface area (TPSA) is 68.5 Å². The summed E-state index contributed by atoms with van der Waals surface area (Å²) in [6, 6.07) is 1.04. The van der Waals surface area contributed by atoms with Crippen LogP contribution in [0.3, 0.4) is 0 Å². The van der Waals surface area contributed by atoms with Gasteiger partial charge >= 0.3 is 0 Å². The fourth-order valence-corrected chi connectivity index (χ4v) is 2.16. The highest BCUT2D eigenvalue weighted by molar-refractivity contribution is 5.82. The van der Waals surface area contributed by atoms with Gasteiger partial charge in [0, 0.05) is 6.04 Å². The Kier molecular flexibility index (Phi) is 1.73. The van der Waals surface area contributed by atoms with E-state index in [0.29, 0.717) is 18.0 Å². The van der Waals surface area contributed by atoms with Crippen LogP contribution in [0.1, 0.15) is 32.2 Å². The van der Waals surface area contributed by atoms with E-state index in [1.54, 1.807) is 6.33 Å². The van der Waals surface area contributed by atoms with Crippen molar-refractivity contribution in [1.29, 1.82) is 0 Å². The van der Waals surface area contributed by atoms with Gasteiger partial charge in [-0.2, -0.15) is 0 Å². The molecular weight excluding hydrogens is 216 g/mol. The Morgan fingerprint density at radius 1 is 1.35 bits per heavy atom. The molecule has 0 bridgehead atoms. The molecule has 6 heteroatoms. The molecule has 0 aromatic carbocycles. The van der Waals surface area contributed by atoms with Crippen LogP contribution in [0.25, 0.3) is 11.2 Å². The Morgan fingerprint density at radius 2 is 2.18 bits per heavy atom. The van der Waals surface area contributed by atoms with Gasteiger partial charge in [0.1, 0.15) is 6.33 Å². The van der Waals surface area contributed by atoms with E-state index in [2.05, 4.69) is 32.5 Å². The summed E-state index contributed by atoms with van der Waals surface area (Å²) in [5, 5.41) is 11.8. The molecule has 0 spiro atoms. The molecule has 0 saturated heterocycles. The lowest BCUT2D eigenvalue weighted by Crippen LogP contribution is -2.04. The summed E-state index contributed by atoms with van der Waals surface area (Å²) in [6.07, 6.45) is 5.21. The molecule has 2 aromatic heterocycles. The molecule has 0 radical (unpaired) electrons. The fourth-order valence-electron chi connectivity index (χ4n) is 2.16. The largest absolute Gasteiger partial charge is 0.365 e. The highest BCUT2D eigenvalue weighted by Gasteiger charge is 2.37. The van der Waals surface area contributed by atoms with E-state index in [1.807, 2.05) is 4.68 Å². The van der Waals surface area contributed by atoms with Gasteiger partial charge in [-0.1, -0.05) is 12.1 Å². The molecule has 2 unspecified atom stereocenters. The van der Waals surface area contributed by atoms with Crippen molar-refractivity contribution < 1.29 is 0 Å². The summed E-state index contributed by atoms with van der Waals surface area (Å²) in [5.74, 6) is 1.52. The molecule has 2 heterocycles. The predicted molar refractivity (Wildman–Crippen MR) is 62.6 cm³/mol. The van der Waals surface area contributed by atoms with Crippen molar-refractivity contribution >= 4 is 17.0 Å². The van der Waals surface area contributed by atoms with Gasteiger partial charge in [-0.15, -0.1) is 5.10 Å². The molecule has 2 aliphatic rings. The minimum absolute atomic E-state index is 0.476. The maximum atomic E-state index is 4.31. The molecule has 2 aromatic rings. The summed E-state index contributed by atoms with van der Waals surface area (Å²) in [4.78, 5) is 8.57. The zero-order chi connectivity index (χ0) is 11.4. The molecule has 0 amide bonds. The van der Waals surface area contributed by atoms with Gasteiger partial charge < -0.3 is 5.32 Å². The average molecular weight is 230 g/mol. The normalized spacial score (nSPS) is 27.4. The van der Waals surface area contributed by atoms with Crippen molar-refractivity contribution in [2.24, 2.45) is 5.92 Å². The second-order valence-electron chi connectivity index (χ2n) is 5.13. The number of nitrogens with zero attached hydrogens (tertiary/aromatic N) is 5. The van der Waals surface area contributed by atoms with Crippen LogP contribution >= 0.6 is 0 Å². The van der Waals surface area contributed by atoms with E-state index in [4.69, 9.17) is 0 Å². The van der Waals surface area contributed by atoms with Gasteiger partial charge in [-0.25, -0.2) is 14.6 Å². The van der Waals surface area contributed by atoms with Crippen LogP contribution in [0, 0.1) is 5.92 Å².